The Bertz CT molecular complexity index is 1330. The second kappa shape index (κ2) is 10.2. The van der Waals surface area contributed by atoms with Crippen LogP contribution in [-0.4, -0.2) is 58.6 Å². The second-order valence-corrected chi connectivity index (χ2v) is 10.7. The van der Waals surface area contributed by atoms with Gasteiger partial charge < -0.3 is 29.4 Å². The molecule has 4 rings (SSSR count). The molecule has 1 amide bonds. The number of rotatable bonds is 6. The maximum atomic E-state index is 13.0. The molecule has 10 nitrogen and oxygen atoms in total. The molecular formula is C25H30N4O6S. The van der Waals surface area contributed by atoms with Crippen LogP contribution in [-0.2, 0) is 11.3 Å². The summed E-state index contributed by atoms with van der Waals surface area (Å²) in [6.07, 6.45) is 2.51. The third kappa shape index (κ3) is 5.78. The first-order chi connectivity index (χ1) is 17.0. The lowest BCUT2D eigenvalue weighted by Gasteiger charge is -2.33. The van der Waals surface area contributed by atoms with Gasteiger partial charge in [-0.15, -0.1) is 0 Å². The van der Waals surface area contributed by atoms with Crippen LogP contribution in [0, 0.1) is 0 Å². The molecule has 1 aliphatic rings. The molecule has 0 bridgehead atoms. The Morgan fingerprint density at radius 2 is 1.97 bits per heavy atom. The molecule has 1 aliphatic heterocycles. The second-order valence-electron chi connectivity index (χ2n) is 9.73. The molecule has 192 valence electrons. The smallest absolute Gasteiger partial charge is 0.407 e. The van der Waals surface area contributed by atoms with Gasteiger partial charge in [-0.25, -0.2) is 14.6 Å². The van der Waals surface area contributed by atoms with Crippen molar-refractivity contribution < 1.29 is 24.2 Å². The Labute approximate surface area is 212 Å². The van der Waals surface area contributed by atoms with Crippen molar-refractivity contribution in [1.29, 1.82) is 0 Å². The Morgan fingerprint density at radius 3 is 2.61 bits per heavy atom. The van der Waals surface area contributed by atoms with Crippen LogP contribution in [0.1, 0.15) is 49.5 Å². The summed E-state index contributed by atoms with van der Waals surface area (Å²) >= 11 is 1.18. The van der Waals surface area contributed by atoms with Crippen LogP contribution < -0.4 is 20.4 Å². The van der Waals surface area contributed by atoms with E-state index in [0.29, 0.717) is 40.9 Å². The lowest BCUT2D eigenvalue weighted by Crippen LogP contribution is -2.49. The maximum absolute atomic E-state index is 13.0. The predicted molar refractivity (Wildman–Crippen MR) is 138 cm³/mol. The molecule has 1 atom stereocenters. The minimum Gasteiger partial charge on any atom is -0.497 e. The normalized spacial score (nSPS) is 16.1. The number of fused-ring (bicyclic) bond motifs is 1. The molecule has 1 aromatic carbocycles. The number of anilines is 1. The molecule has 36 heavy (non-hydrogen) atoms. The number of benzene rings is 1. The highest BCUT2D eigenvalue weighted by molar-refractivity contribution is 7.22. The van der Waals surface area contributed by atoms with Gasteiger partial charge >= 0.3 is 12.1 Å². The summed E-state index contributed by atoms with van der Waals surface area (Å²) in [5.74, 6) is -0.564. The highest BCUT2D eigenvalue weighted by Crippen LogP contribution is 2.30. The van der Waals surface area contributed by atoms with E-state index in [-0.39, 0.29) is 11.6 Å². The molecule has 1 saturated heterocycles. The molecule has 1 unspecified atom stereocenters. The predicted octanol–water partition coefficient (Wildman–Crippen LogP) is 3.71. The Balaban J connectivity index is 1.63. The number of amides is 1. The average Bonchev–Trinajstić information content (AvgIpc) is 3.26. The van der Waals surface area contributed by atoms with E-state index in [4.69, 9.17) is 14.5 Å². The number of aromatic carboxylic acids is 1. The van der Waals surface area contributed by atoms with Gasteiger partial charge in [-0.1, -0.05) is 23.5 Å². The van der Waals surface area contributed by atoms with Gasteiger partial charge in [-0.3, -0.25) is 4.79 Å². The fraction of sp³-hybridized carbons (Fsp3) is 0.440. The molecule has 0 spiro atoms. The fourth-order valence-electron chi connectivity index (χ4n) is 4.12. The van der Waals surface area contributed by atoms with E-state index >= 15 is 0 Å². The fourth-order valence-corrected chi connectivity index (χ4v) is 5.19. The third-order valence-corrected chi connectivity index (χ3v) is 6.87. The largest absolute Gasteiger partial charge is 0.497 e. The quantitative estimate of drug-likeness (QED) is 0.510. The standard InChI is InChI=1S/C25H30N4O6S/c1-25(2,3)35-24(33)26-16-6-5-11-28(13-16)23-27-21-20(36-23)19(30)18(22(31)32)14-29(21)12-15-7-9-17(34-4)10-8-15/h7-10,14,16H,5-6,11-13H2,1-4H3,(H,26,33)(H,31,32). The highest BCUT2D eigenvalue weighted by atomic mass is 32.1. The number of carboxylic acid groups (broad SMARTS) is 1. The summed E-state index contributed by atoms with van der Waals surface area (Å²) in [4.78, 5) is 43.8. The number of pyridine rings is 1. The number of thiazole rings is 1. The van der Waals surface area contributed by atoms with Gasteiger partial charge in [0, 0.05) is 31.9 Å². The van der Waals surface area contributed by atoms with Crippen molar-refractivity contribution >= 4 is 38.9 Å². The molecule has 2 aromatic heterocycles. The van der Waals surface area contributed by atoms with Gasteiger partial charge in [0.1, 0.15) is 21.6 Å². The van der Waals surface area contributed by atoms with Gasteiger partial charge in [0.15, 0.2) is 10.8 Å². The summed E-state index contributed by atoms with van der Waals surface area (Å²) in [5.41, 5.74) is -0.0914. The van der Waals surface area contributed by atoms with Crippen molar-refractivity contribution in [3.63, 3.8) is 0 Å². The van der Waals surface area contributed by atoms with E-state index in [9.17, 15) is 19.5 Å². The molecular weight excluding hydrogens is 484 g/mol. The Morgan fingerprint density at radius 1 is 1.25 bits per heavy atom. The van der Waals surface area contributed by atoms with Crippen LogP contribution in [0.2, 0.25) is 0 Å². The topological polar surface area (TPSA) is 123 Å². The lowest BCUT2D eigenvalue weighted by atomic mass is 10.1. The maximum Gasteiger partial charge on any atom is 0.407 e. The molecule has 3 heterocycles. The van der Waals surface area contributed by atoms with Crippen molar-refractivity contribution in [2.24, 2.45) is 0 Å². The van der Waals surface area contributed by atoms with E-state index in [0.717, 1.165) is 18.4 Å². The van der Waals surface area contributed by atoms with Gasteiger partial charge in [0.25, 0.3) is 0 Å². The van der Waals surface area contributed by atoms with Crippen molar-refractivity contribution in [3.05, 3.63) is 51.8 Å². The van der Waals surface area contributed by atoms with Crippen molar-refractivity contribution in [2.45, 2.75) is 51.8 Å². The number of aromatic nitrogens is 2. The first kappa shape index (κ1) is 25.5. The molecule has 0 aliphatic carbocycles. The SMILES string of the molecule is COc1ccc(Cn2cc(C(=O)O)c(=O)c3sc(N4CCCC(NC(=O)OC(C)(C)C)C4)nc32)cc1. The van der Waals surface area contributed by atoms with E-state index in [1.54, 1.807) is 11.7 Å². The van der Waals surface area contributed by atoms with E-state index < -0.39 is 23.1 Å². The van der Waals surface area contributed by atoms with Crippen LogP contribution in [0.4, 0.5) is 9.93 Å². The number of carboxylic acids is 1. The zero-order chi connectivity index (χ0) is 26.0. The number of alkyl carbamates (subject to hydrolysis) is 1. The molecule has 11 heteroatoms. The van der Waals surface area contributed by atoms with Crippen molar-refractivity contribution in [3.8, 4) is 5.75 Å². The molecule has 3 aromatic rings. The third-order valence-electron chi connectivity index (χ3n) is 5.76. The monoisotopic (exact) mass is 514 g/mol. The van der Waals surface area contributed by atoms with E-state index in [1.165, 1.54) is 17.5 Å². The van der Waals surface area contributed by atoms with Crippen LogP contribution in [0.5, 0.6) is 5.75 Å². The lowest BCUT2D eigenvalue weighted by molar-refractivity contribution is 0.0499. The number of piperidine rings is 1. The van der Waals surface area contributed by atoms with Crippen molar-refractivity contribution in [1.82, 2.24) is 14.9 Å². The van der Waals surface area contributed by atoms with Gasteiger partial charge in [-0.05, 0) is 51.3 Å². The van der Waals surface area contributed by atoms with Gasteiger partial charge in [0.2, 0.25) is 5.43 Å². The van der Waals surface area contributed by atoms with Crippen LogP contribution in [0.15, 0.2) is 35.3 Å². The van der Waals surface area contributed by atoms with Gasteiger partial charge in [0.05, 0.1) is 7.11 Å². The first-order valence-corrected chi connectivity index (χ1v) is 12.5. The van der Waals surface area contributed by atoms with Crippen molar-refractivity contribution in [2.75, 3.05) is 25.1 Å². The number of ether oxygens (including phenoxy) is 2. The number of methoxy groups -OCH3 is 1. The number of nitrogens with one attached hydrogen (secondary N) is 1. The summed E-state index contributed by atoms with van der Waals surface area (Å²) in [6.45, 7) is 7.01. The summed E-state index contributed by atoms with van der Waals surface area (Å²) in [6, 6.07) is 7.28. The van der Waals surface area contributed by atoms with Crippen LogP contribution >= 0.6 is 11.3 Å². The molecule has 1 fully saturated rings. The molecule has 0 saturated carbocycles. The zero-order valence-corrected chi connectivity index (χ0v) is 21.6. The Kier molecular flexibility index (Phi) is 7.21. The number of nitrogens with zero attached hydrogens (tertiary/aromatic N) is 3. The number of hydrogen-bond donors (Lipinski definition) is 2. The summed E-state index contributed by atoms with van der Waals surface area (Å²) in [5, 5.41) is 13.2. The summed E-state index contributed by atoms with van der Waals surface area (Å²) < 4.78 is 12.6. The number of hydrogen-bond acceptors (Lipinski definition) is 8. The van der Waals surface area contributed by atoms with E-state index in [2.05, 4.69) is 5.32 Å². The molecule has 0 radical (unpaired) electrons. The minimum absolute atomic E-state index is 0.131. The number of carbonyl (C=O) groups is 2. The number of carbonyl (C=O) groups excluding carboxylic acids is 1. The van der Waals surface area contributed by atoms with E-state index in [1.807, 2.05) is 49.9 Å². The van der Waals surface area contributed by atoms with Crippen LogP contribution in [0.25, 0.3) is 10.3 Å². The highest BCUT2D eigenvalue weighted by Gasteiger charge is 2.27. The van der Waals surface area contributed by atoms with Gasteiger partial charge in [-0.2, -0.15) is 0 Å². The Hall–Kier alpha value is -3.60. The zero-order valence-electron chi connectivity index (χ0n) is 20.7. The minimum atomic E-state index is -1.28. The summed E-state index contributed by atoms with van der Waals surface area (Å²) in [7, 11) is 1.59. The first-order valence-electron chi connectivity index (χ1n) is 11.7. The average molecular weight is 515 g/mol. The van der Waals surface area contributed by atoms with Crippen LogP contribution in [0.3, 0.4) is 0 Å². The molecule has 2 N–H and O–H groups in total.